The molecule has 4 rings (SSSR count). The molecule has 0 saturated heterocycles. The first-order chi connectivity index (χ1) is 16.0. The number of ether oxygens (including phenoxy) is 1. The normalized spacial score (nSPS) is 15.1. The number of carbonyl (C=O) groups excluding carboxylic acids is 2. The molecule has 1 aliphatic rings. The summed E-state index contributed by atoms with van der Waals surface area (Å²) in [6, 6.07) is 14.4. The van der Waals surface area contributed by atoms with Crippen LogP contribution in [0.2, 0.25) is 0 Å². The Morgan fingerprint density at radius 3 is 2.70 bits per heavy atom. The molecule has 0 bridgehead atoms. The van der Waals surface area contributed by atoms with Crippen molar-refractivity contribution in [3.63, 3.8) is 0 Å². The van der Waals surface area contributed by atoms with E-state index in [-0.39, 0.29) is 24.5 Å². The van der Waals surface area contributed by atoms with E-state index >= 15 is 0 Å². The second-order valence-corrected chi connectivity index (χ2v) is 9.08. The van der Waals surface area contributed by atoms with Gasteiger partial charge in [0, 0.05) is 24.9 Å². The van der Waals surface area contributed by atoms with Crippen molar-refractivity contribution in [3.05, 3.63) is 80.8 Å². The van der Waals surface area contributed by atoms with Gasteiger partial charge in [-0.05, 0) is 49.1 Å². The van der Waals surface area contributed by atoms with Crippen molar-refractivity contribution in [2.75, 3.05) is 13.1 Å². The molecule has 2 aromatic carbocycles. The zero-order valence-electron chi connectivity index (χ0n) is 19.3. The number of carbonyl (C=O) groups is 2. The van der Waals surface area contributed by atoms with E-state index in [1.165, 1.54) is 22.5 Å². The predicted octanol–water partition coefficient (Wildman–Crippen LogP) is 4.66. The third-order valence-electron chi connectivity index (χ3n) is 5.85. The summed E-state index contributed by atoms with van der Waals surface area (Å²) in [6.07, 6.45) is 1.30. The van der Waals surface area contributed by atoms with E-state index in [1.807, 2.05) is 30.9 Å². The lowest BCUT2D eigenvalue weighted by molar-refractivity contribution is -0.132. The number of aromatic nitrogens is 1. The lowest BCUT2D eigenvalue weighted by atomic mass is 9.87. The van der Waals surface area contributed by atoms with Gasteiger partial charge in [0.25, 0.3) is 5.91 Å². The molecule has 172 valence electrons. The van der Waals surface area contributed by atoms with Gasteiger partial charge in [-0.1, -0.05) is 42.8 Å². The van der Waals surface area contributed by atoms with E-state index in [0.717, 1.165) is 28.3 Å². The maximum absolute atomic E-state index is 12.8. The highest BCUT2D eigenvalue weighted by molar-refractivity contribution is 7.09. The van der Waals surface area contributed by atoms with Gasteiger partial charge < -0.3 is 15.0 Å². The molecule has 0 unspecified atom stereocenters. The molecule has 7 heteroatoms. The Bertz CT molecular complexity index is 1140. The Morgan fingerprint density at radius 2 is 1.97 bits per heavy atom. The number of hydrogen-bond acceptors (Lipinski definition) is 5. The summed E-state index contributed by atoms with van der Waals surface area (Å²) in [5, 5.41) is 5.25. The van der Waals surface area contributed by atoms with Gasteiger partial charge in [-0.15, -0.1) is 11.3 Å². The monoisotopic (exact) mass is 463 g/mol. The topological polar surface area (TPSA) is 71.5 Å². The summed E-state index contributed by atoms with van der Waals surface area (Å²) >= 11 is 1.41. The molecule has 1 aliphatic heterocycles. The highest BCUT2D eigenvalue weighted by Crippen LogP contribution is 2.37. The van der Waals surface area contributed by atoms with Crippen LogP contribution >= 0.6 is 11.3 Å². The average molecular weight is 464 g/mol. The van der Waals surface area contributed by atoms with Gasteiger partial charge >= 0.3 is 0 Å². The molecule has 1 atom stereocenters. The van der Waals surface area contributed by atoms with Gasteiger partial charge in [-0.25, -0.2) is 4.98 Å². The van der Waals surface area contributed by atoms with Crippen LogP contribution in [0.25, 0.3) is 0 Å². The molecule has 2 amide bonds. The number of thiazole rings is 1. The maximum Gasteiger partial charge on any atom is 0.270 e. The van der Waals surface area contributed by atoms with Crippen molar-refractivity contribution in [2.45, 2.75) is 46.3 Å². The zero-order valence-corrected chi connectivity index (χ0v) is 20.1. The van der Waals surface area contributed by atoms with Crippen LogP contribution in [0.3, 0.4) is 0 Å². The van der Waals surface area contributed by atoms with E-state index < -0.39 is 0 Å². The molecule has 0 saturated carbocycles. The number of hydrogen-bond donors (Lipinski definition) is 1. The van der Waals surface area contributed by atoms with Crippen molar-refractivity contribution in [3.8, 4) is 5.75 Å². The minimum atomic E-state index is -0.171. The number of rotatable bonds is 7. The van der Waals surface area contributed by atoms with Gasteiger partial charge in [0.1, 0.15) is 23.1 Å². The molecule has 1 aromatic heterocycles. The first-order valence-corrected chi connectivity index (χ1v) is 12.2. The third-order valence-corrected chi connectivity index (χ3v) is 6.67. The van der Waals surface area contributed by atoms with Crippen molar-refractivity contribution in [1.82, 2.24) is 15.2 Å². The summed E-state index contributed by atoms with van der Waals surface area (Å²) in [6.45, 7) is 7.42. The van der Waals surface area contributed by atoms with Crippen LogP contribution in [0.5, 0.6) is 5.75 Å². The zero-order chi connectivity index (χ0) is 23.4. The molecule has 0 fully saturated rings. The van der Waals surface area contributed by atoms with E-state index in [2.05, 4.69) is 47.6 Å². The van der Waals surface area contributed by atoms with Crippen LogP contribution in [0.15, 0.2) is 47.8 Å². The Hall–Kier alpha value is -3.19. The smallest absolute Gasteiger partial charge is 0.270 e. The van der Waals surface area contributed by atoms with Crippen molar-refractivity contribution < 1.29 is 14.3 Å². The summed E-state index contributed by atoms with van der Waals surface area (Å²) < 4.78 is 6.05. The Morgan fingerprint density at radius 1 is 1.18 bits per heavy atom. The van der Waals surface area contributed by atoms with Gasteiger partial charge in [0.2, 0.25) is 5.91 Å². The molecule has 2 heterocycles. The maximum atomic E-state index is 12.8. The summed E-state index contributed by atoms with van der Waals surface area (Å²) in [7, 11) is 0. The van der Waals surface area contributed by atoms with Crippen LogP contribution in [0, 0.1) is 6.92 Å². The average Bonchev–Trinajstić information content (AvgIpc) is 3.31. The lowest BCUT2D eigenvalue weighted by Crippen LogP contribution is -2.40. The fourth-order valence-electron chi connectivity index (χ4n) is 4.14. The van der Waals surface area contributed by atoms with Crippen molar-refractivity contribution in [2.24, 2.45) is 0 Å². The standard InChI is InChI=1S/C26H29N3O3S/c1-4-24(30)29-13-12-18-10-11-20(14-21(18)25(29)19-8-6-17(3)7-9-19)32-15-23-28-22(16-33-23)26(31)27-5-2/h6-11,14,16,25H,4-5,12-13,15H2,1-3H3,(H,27,31)/t25-/m1/s1. The fraction of sp³-hybridized carbons (Fsp3) is 0.346. The van der Waals surface area contributed by atoms with E-state index in [9.17, 15) is 9.59 Å². The molecular weight excluding hydrogens is 434 g/mol. The van der Waals surface area contributed by atoms with Crippen LogP contribution in [-0.2, 0) is 17.8 Å². The van der Waals surface area contributed by atoms with Crippen LogP contribution in [0.1, 0.15) is 64.1 Å². The van der Waals surface area contributed by atoms with Gasteiger partial charge in [-0.2, -0.15) is 0 Å². The lowest BCUT2D eigenvalue weighted by Gasteiger charge is -2.38. The Balaban J connectivity index is 1.59. The number of fused-ring (bicyclic) bond motifs is 1. The van der Waals surface area contributed by atoms with E-state index in [4.69, 9.17) is 4.74 Å². The highest BCUT2D eigenvalue weighted by atomic mass is 32.1. The van der Waals surface area contributed by atoms with Gasteiger partial charge in [0.15, 0.2) is 0 Å². The molecular formula is C26H29N3O3S. The summed E-state index contributed by atoms with van der Waals surface area (Å²) in [5.74, 6) is 0.708. The van der Waals surface area contributed by atoms with Crippen LogP contribution in [0.4, 0.5) is 0 Å². The highest BCUT2D eigenvalue weighted by Gasteiger charge is 2.31. The molecule has 6 nitrogen and oxygen atoms in total. The molecule has 0 radical (unpaired) electrons. The number of benzene rings is 2. The fourth-order valence-corrected chi connectivity index (χ4v) is 4.83. The second-order valence-electron chi connectivity index (χ2n) is 8.14. The van der Waals surface area contributed by atoms with Crippen molar-refractivity contribution >= 4 is 23.2 Å². The molecule has 0 aliphatic carbocycles. The Kier molecular flexibility index (Phi) is 7.08. The third kappa shape index (κ3) is 5.09. The van der Waals surface area contributed by atoms with Crippen LogP contribution in [-0.4, -0.2) is 34.8 Å². The molecule has 0 spiro atoms. The summed E-state index contributed by atoms with van der Waals surface area (Å²) in [5.41, 5.74) is 5.05. The number of aryl methyl sites for hydroxylation is 1. The number of nitrogens with one attached hydrogen (secondary N) is 1. The Labute approximate surface area is 198 Å². The quantitative estimate of drug-likeness (QED) is 0.553. The van der Waals surface area contributed by atoms with Gasteiger partial charge in [-0.3, -0.25) is 9.59 Å². The first-order valence-electron chi connectivity index (χ1n) is 11.3. The molecule has 3 aromatic rings. The minimum absolute atomic E-state index is 0.130. The van der Waals surface area contributed by atoms with E-state index in [0.29, 0.717) is 25.2 Å². The number of nitrogens with zero attached hydrogens (tertiary/aromatic N) is 2. The first kappa shape index (κ1) is 23.0. The predicted molar refractivity (Wildman–Crippen MR) is 130 cm³/mol. The van der Waals surface area contributed by atoms with Gasteiger partial charge in [0.05, 0.1) is 6.04 Å². The molecule has 33 heavy (non-hydrogen) atoms. The summed E-state index contributed by atoms with van der Waals surface area (Å²) in [4.78, 5) is 31.1. The van der Waals surface area contributed by atoms with Crippen molar-refractivity contribution in [1.29, 1.82) is 0 Å². The second kappa shape index (κ2) is 10.2. The van der Waals surface area contributed by atoms with E-state index in [1.54, 1.807) is 5.38 Å². The largest absolute Gasteiger partial charge is 0.486 e. The minimum Gasteiger partial charge on any atom is -0.486 e. The number of amides is 2. The van der Waals surface area contributed by atoms with Crippen LogP contribution < -0.4 is 10.1 Å². The molecule has 1 N–H and O–H groups in total. The SMILES string of the molecule is CCNC(=O)c1csc(COc2ccc3c(c2)[C@@H](c2ccc(C)cc2)N(C(=O)CC)CC3)n1.